The van der Waals surface area contributed by atoms with Gasteiger partial charge in [0.05, 0.1) is 0 Å². The molecule has 1 amide bonds. The summed E-state index contributed by atoms with van der Waals surface area (Å²) >= 11 is 0. The van der Waals surface area contributed by atoms with Gasteiger partial charge in [0.1, 0.15) is 6.04 Å². The van der Waals surface area contributed by atoms with Crippen LogP contribution in [0.5, 0.6) is 0 Å². The number of aliphatic carboxylic acids is 1. The topological polar surface area (TPSA) is 92.4 Å². The first-order valence-electron chi connectivity index (χ1n) is 6.15. The third kappa shape index (κ3) is 4.37. The van der Waals surface area contributed by atoms with Crippen molar-refractivity contribution in [3.8, 4) is 0 Å². The minimum absolute atomic E-state index is 0.0557. The SMILES string of the molecule is C=Cc1ccc(NC(=O)CCC(N)C(=O)O)cc1C=C. The summed E-state index contributed by atoms with van der Waals surface area (Å²) in [5.41, 5.74) is 7.75. The van der Waals surface area contributed by atoms with E-state index in [-0.39, 0.29) is 18.7 Å². The van der Waals surface area contributed by atoms with E-state index in [1.54, 1.807) is 24.3 Å². The molecule has 0 aliphatic rings. The van der Waals surface area contributed by atoms with Crippen molar-refractivity contribution in [3.63, 3.8) is 0 Å². The van der Waals surface area contributed by atoms with Crippen molar-refractivity contribution in [2.75, 3.05) is 5.32 Å². The molecular weight excluding hydrogens is 256 g/mol. The number of carbonyl (C=O) groups excluding carboxylic acids is 1. The van der Waals surface area contributed by atoms with Crippen molar-refractivity contribution in [3.05, 3.63) is 42.5 Å². The Morgan fingerprint density at radius 2 is 1.95 bits per heavy atom. The van der Waals surface area contributed by atoms with Crippen molar-refractivity contribution in [1.82, 2.24) is 0 Å². The molecule has 1 aromatic carbocycles. The lowest BCUT2D eigenvalue weighted by atomic mass is 10.1. The maximum absolute atomic E-state index is 11.7. The van der Waals surface area contributed by atoms with Crippen molar-refractivity contribution in [1.29, 1.82) is 0 Å². The standard InChI is InChI=1S/C15H18N2O3/c1-3-10-5-6-12(9-11(10)4-2)17-14(18)8-7-13(16)15(19)20/h3-6,9,13H,1-2,7-8,16H2,(H,17,18)(H,19,20). The smallest absolute Gasteiger partial charge is 0.320 e. The van der Waals surface area contributed by atoms with Gasteiger partial charge in [-0.1, -0.05) is 31.4 Å². The molecule has 0 saturated heterocycles. The molecular formula is C15H18N2O3. The Morgan fingerprint density at radius 1 is 1.30 bits per heavy atom. The lowest BCUT2D eigenvalue weighted by Gasteiger charge is -2.09. The number of carbonyl (C=O) groups is 2. The van der Waals surface area contributed by atoms with Gasteiger partial charge < -0.3 is 16.2 Å². The summed E-state index contributed by atoms with van der Waals surface area (Å²) in [6.45, 7) is 7.39. The van der Waals surface area contributed by atoms with Crippen LogP contribution in [-0.2, 0) is 9.59 Å². The minimum atomic E-state index is -1.11. The van der Waals surface area contributed by atoms with E-state index in [1.165, 1.54) is 0 Å². The molecule has 5 heteroatoms. The van der Waals surface area contributed by atoms with Crippen molar-refractivity contribution >= 4 is 29.7 Å². The number of benzene rings is 1. The van der Waals surface area contributed by atoms with Crippen LogP contribution in [-0.4, -0.2) is 23.0 Å². The quantitative estimate of drug-likeness (QED) is 0.710. The minimum Gasteiger partial charge on any atom is -0.480 e. The van der Waals surface area contributed by atoms with Gasteiger partial charge in [0.2, 0.25) is 5.91 Å². The van der Waals surface area contributed by atoms with E-state index in [9.17, 15) is 9.59 Å². The van der Waals surface area contributed by atoms with E-state index in [1.807, 2.05) is 6.07 Å². The second-order valence-corrected chi connectivity index (χ2v) is 4.28. The van der Waals surface area contributed by atoms with Gasteiger partial charge in [0.15, 0.2) is 0 Å². The van der Waals surface area contributed by atoms with Crippen LogP contribution in [0.2, 0.25) is 0 Å². The number of carboxylic acid groups (broad SMARTS) is 1. The van der Waals surface area contributed by atoms with Crippen LogP contribution < -0.4 is 11.1 Å². The number of nitrogens with one attached hydrogen (secondary N) is 1. The highest BCUT2D eigenvalue weighted by Crippen LogP contribution is 2.18. The van der Waals surface area contributed by atoms with E-state index in [0.29, 0.717) is 5.69 Å². The molecule has 4 N–H and O–H groups in total. The van der Waals surface area contributed by atoms with Crippen LogP contribution in [0.3, 0.4) is 0 Å². The third-order valence-electron chi connectivity index (χ3n) is 2.81. The number of nitrogens with two attached hydrogens (primary N) is 1. The summed E-state index contributed by atoms with van der Waals surface area (Å²) in [6.07, 6.45) is 3.53. The van der Waals surface area contributed by atoms with Crippen molar-refractivity contribution < 1.29 is 14.7 Å². The Labute approximate surface area is 117 Å². The van der Waals surface area contributed by atoms with E-state index < -0.39 is 12.0 Å². The van der Waals surface area contributed by atoms with E-state index in [0.717, 1.165) is 11.1 Å². The highest BCUT2D eigenvalue weighted by molar-refractivity contribution is 5.91. The average molecular weight is 274 g/mol. The van der Waals surface area contributed by atoms with Crippen LogP contribution in [0.1, 0.15) is 24.0 Å². The Hall–Kier alpha value is -2.40. The normalized spacial score (nSPS) is 11.4. The molecule has 1 aromatic rings. The first-order chi connectivity index (χ1) is 9.47. The molecule has 0 heterocycles. The Balaban J connectivity index is 2.64. The largest absolute Gasteiger partial charge is 0.480 e. The van der Waals surface area contributed by atoms with Gasteiger partial charge in [-0.3, -0.25) is 9.59 Å². The predicted octanol–water partition coefficient (Wildman–Crippen LogP) is 2.10. The van der Waals surface area contributed by atoms with Gasteiger partial charge in [-0.2, -0.15) is 0 Å². The maximum atomic E-state index is 11.7. The number of carboxylic acids is 1. The second-order valence-electron chi connectivity index (χ2n) is 4.28. The predicted molar refractivity (Wildman–Crippen MR) is 80.1 cm³/mol. The molecule has 0 aromatic heterocycles. The summed E-state index contributed by atoms with van der Waals surface area (Å²) in [6, 6.07) is 4.33. The molecule has 0 saturated carbocycles. The number of amides is 1. The molecule has 0 radical (unpaired) electrons. The molecule has 0 aliphatic heterocycles. The summed E-state index contributed by atoms with van der Waals surface area (Å²) in [5.74, 6) is -1.38. The number of hydrogen-bond acceptors (Lipinski definition) is 3. The molecule has 0 spiro atoms. The number of hydrogen-bond donors (Lipinski definition) is 3. The molecule has 0 bridgehead atoms. The average Bonchev–Trinajstić information content (AvgIpc) is 2.44. The third-order valence-corrected chi connectivity index (χ3v) is 2.81. The lowest BCUT2D eigenvalue weighted by Crippen LogP contribution is -2.31. The van der Waals surface area contributed by atoms with Gasteiger partial charge in [-0.05, 0) is 29.7 Å². The number of anilines is 1. The first kappa shape index (κ1) is 15.7. The molecule has 0 fully saturated rings. The van der Waals surface area contributed by atoms with Gasteiger partial charge in [-0.25, -0.2) is 0 Å². The summed E-state index contributed by atoms with van der Waals surface area (Å²) < 4.78 is 0. The highest BCUT2D eigenvalue weighted by atomic mass is 16.4. The zero-order valence-corrected chi connectivity index (χ0v) is 11.1. The fourth-order valence-corrected chi connectivity index (χ4v) is 1.65. The van der Waals surface area contributed by atoms with Crippen molar-refractivity contribution in [2.45, 2.75) is 18.9 Å². The molecule has 0 aliphatic carbocycles. The first-order valence-corrected chi connectivity index (χ1v) is 6.15. The fourth-order valence-electron chi connectivity index (χ4n) is 1.65. The van der Waals surface area contributed by atoms with Crippen LogP contribution in [0.25, 0.3) is 12.2 Å². The van der Waals surface area contributed by atoms with Crippen molar-refractivity contribution in [2.24, 2.45) is 5.73 Å². The summed E-state index contributed by atoms with van der Waals surface area (Å²) in [4.78, 5) is 22.2. The Morgan fingerprint density at radius 3 is 2.50 bits per heavy atom. The Bertz CT molecular complexity index is 538. The van der Waals surface area contributed by atoms with Gasteiger partial charge in [-0.15, -0.1) is 0 Å². The van der Waals surface area contributed by atoms with Gasteiger partial charge in [0.25, 0.3) is 0 Å². The molecule has 1 unspecified atom stereocenters. The van der Waals surface area contributed by atoms with Gasteiger partial charge >= 0.3 is 5.97 Å². The molecule has 1 atom stereocenters. The van der Waals surface area contributed by atoms with Crippen LogP contribution in [0.15, 0.2) is 31.4 Å². The number of rotatable bonds is 7. The van der Waals surface area contributed by atoms with Crippen LogP contribution in [0.4, 0.5) is 5.69 Å². The molecule has 5 nitrogen and oxygen atoms in total. The fraction of sp³-hybridized carbons (Fsp3) is 0.200. The summed E-state index contributed by atoms with van der Waals surface area (Å²) in [7, 11) is 0. The Kier molecular flexibility index (Phi) is 5.68. The van der Waals surface area contributed by atoms with E-state index in [4.69, 9.17) is 10.8 Å². The second kappa shape index (κ2) is 7.25. The molecule has 106 valence electrons. The molecule has 20 heavy (non-hydrogen) atoms. The zero-order valence-electron chi connectivity index (χ0n) is 11.1. The van der Waals surface area contributed by atoms with Crippen LogP contribution in [0, 0.1) is 0 Å². The monoisotopic (exact) mass is 274 g/mol. The highest BCUT2D eigenvalue weighted by Gasteiger charge is 2.13. The molecule has 1 rings (SSSR count). The maximum Gasteiger partial charge on any atom is 0.320 e. The van der Waals surface area contributed by atoms with E-state index in [2.05, 4.69) is 18.5 Å². The van der Waals surface area contributed by atoms with Crippen LogP contribution >= 0.6 is 0 Å². The van der Waals surface area contributed by atoms with E-state index >= 15 is 0 Å². The van der Waals surface area contributed by atoms with Gasteiger partial charge in [0, 0.05) is 12.1 Å². The lowest BCUT2D eigenvalue weighted by molar-refractivity contribution is -0.138. The zero-order chi connectivity index (χ0) is 15.1. The summed E-state index contributed by atoms with van der Waals surface area (Å²) in [5, 5.41) is 11.3.